The minimum atomic E-state index is -0.00628. The molecule has 0 aliphatic heterocycles. The summed E-state index contributed by atoms with van der Waals surface area (Å²) in [7, 11) is 0. The van der Waals surface area contributed by atoms with E-state index in [4.69, 9.17) is 4.52 Å². The Morgan fingerprint density at radius 3 is 2.58 bits per heavy atom. The number of benzene rings is 2. The van der Waals surface area contributed by atoms with Crippen LogP contribution in [0.5, 0.6) is 0 Å². The highest BCUT2D eigenvalue weighted by molar-refractivity contribution is 5.78. The first kappa shape index (κ1) is 17.6. The molecule has 2 aromatic carbocycles. The number of carbonyl (C=O) groups is 1. The molecule has 132 valence electrons. The summed E-state index contributed by atoms with van der Waals surface area (Å²) >= 11 is 0. The van der Waals surface area contributed by atoms with E-state index in [1.54, 1.807) is 11.0 Å². The fraction of sp³-hybridized carbons (Fsp3) is 0.190. The first-order valence-corrected chi connectivity index (χ1v) is 8.48. The molecule has 0 atom stereocenters. The number of rotatable bonds is 7. The highest BCUT2D eigenvalue weighted by Gasteiger charge is 2.17. The third kappa shape index (κ3) is 4.45. The van der Waals surface area contributed by atoms with Crippen molar-refractivity contribution < 1.29 is 9.32 Å². The van der Waals surface area contributed by atoms with Crippen molar-refractivity contribution in [3.8, 4) is 11.4 Å². The number of aryl methyl sites for hydroxylation is 1. The maximum absolute atomic E-state index is 12.7. The van der Waals surface area contributed by atoms with Crippen LogP contribution in [0.1, 0.15) is 17.0 Å². The van der Waals surface area contributed by atoms with E-state index in [2.05, 4.69) is 16.7 Å². The number of carbonyl (C=O) groups excluding carboxylic acids is 1. The average Bonchev–Trinajstić information content (AvgIpc) is 3.13. The van der Waals surface area contributed by atoms with E-state index >= 15 is 0 Å². The molecular formula is C21H21N3O2. The fourth-order valence-corrected chi connectivity index (χ4v) is 2.59. The molecule has 3 rings (SSSR count). The van der Waals surface area contributed by atoms with Gasteiger partial charge in [-0.3, -0.25) is 4.79 Å². The van der Waals surface area contributed by atoms with Gasteiger partial charge < -0.3 is 9.42 Å². The summed E-state index contributed by atoms with van der Waals surface area (Å²) in [4.78, 5) is 18.7. The molecule has 3 aromatic rings. The van der Waals surface area contributed by atoms with Gasteiger partial charge in [0.2, 0.25) is 17.6 Å². The van der Waals surface area contributed by atoms with Gasteiger partial charge in [-0.05, 0) is 12.5 Å². The van der Waals surface area contributed by atoms with Crippen LogP contribution in [-0.4, -0.2) is 27.5 Å². The molecule has 0 spiro atoms. The van der Waals surface area contributed by atoms with Crippen LogP contribution >= 0.6 is 0 Å². The highest BCUT2D eigenvalue weighted by atomic mass is 16.5. The molecule has 0 aliphatic carbocycles. The van der Waals surface area contributed by atoms with Gasteiger partial charge in [-0.25, -0.2) is 0 Å². The van der Waals surface area contributed by atoms with Gasteiger partial charge in [0.25, 0.3) is 0 Å². The van der Waals surface area contributed by atoms with E-state index in [-0.39, 0.29) is 12.5 Å². The molecule has 0 aliphatic rings. The number of hydrogen-bond acceptors (Lipinski definition) is 4. The lowest BCUT2D eigenvalue weighted by atomic mass is 10.1. The first-order chi connectivity index (χ1) is 12.7. The van der Waals surface area contributed by atoms with E-state index in [9.17, 15) is 4.79 Å². The van der Waals surface area contributed by atoms with Crippen molar-refractivity contribution in [2.45, 2.75) is 19.9 Å². The molecule has 5 nitrogen and oxygen atoms in total. The lowest BCUT2D eigenvalue weighted by Gasteiger charge is -2.19. The van der Waals surface area contributed by atoms with Crippen LogP contribution in [0.3, 0.4) is 0 Å². The Morgan fingerprint density at radius 1 is 1.15 bits per heavy atom. The number of nitrogens with zero attached hydrogens (tertiary/aromatic N) is 3. The van der Waals surface area contributed by atoms with Gasteiger partial charge in [0.1, 0.15) is 6.54 Å². The van der Waals surface area contributed by atoms with E-state index in [0.29, 0.717) is 24.7 Å². The minimum absolute atomic E-state index is 0.00628. The first-order valence-electron chi connectivity index (χ1n) is 8.48. The fourth-order valence-electron chi connectivity index (χ4n) is 2.59. The maximum Gasteiger partial charge on any atom is 0.246 e. The van der Waals surface area contributed by atoms with Gasteiger partial charge in [0.15, 0.2) is 0 Å². The number of aromatic nitrogens is 2. The molecule has 5 heteroatoms. The SMILES string of the molecule is C=CCN(Cc1nc(-c2ccccc2)no1)C(=O)Cc1ccc(C)cc1. The van der Waals surface area contributed by atoms with Gasteiger partial charge in [0.05, 0.1) is 6.42 Å². The Kier molecular flexibility index (Phi) is 5.59. The van der Waals surface area contributed by atoms with Crippen molar-refractivity contribution >= 4 is 5.91 Å². The minimum Gasteiger partial charge on any atom is -0.337 e. The van der Waals surface area contributed by atoms with Crippen LogP contribution < -0.4 is 0 Å². The van der Waals surface area contributed by atoms with Gasteiger partial charge >= 0.3 is 0 Å². The lowest BCUT2D eigenvalue weighted by molar-refractivity contribution is -0.130. The van der Waals surface area contributed by atoms with Crippen molar-refractivity contribution in [1.82, 2.24) is 15.0 Å². The van der Waals surface area contributed by atoms with Crippen molar-refractivity contribution in [1.29, 1.82) is 0 Å². The Hall–Kier alpha value is -3.21. The predicted octanol–water partition coefficient (Wildman–Crippen LogP) is 3.80. The lowest BCUT2D eigenvalue weighted by Crippen LogP contribution is -2.32. The largest absolute Gasteiger partial charge is 0.337 e. The summed E-state index contributed by atoms with van der Waals surface area (Å²) in [5.41, 5.74) is 3.03. The van der Waals surface area contributed by atoms with Crippen LogP contribution in [0.4, 0.5) is 0 Å². The van der Waals surface area contributed by atoms with Crippen molar-refractivity contribution in [2.75, 3.05) is 6.54 Å². The van der Waals surface area contributed by atoms with E-state index in [1.807, 2.05) is 61.5 Å². The van der Waals surface area contributed by atoms with Gasteiger partial charge in [-0.15, -0.1) is 6.58 Å². The number of hydrogen-bond donors (Lipinski definition) is 0. The van der Waals surface area contributed by atoms with Crippen molar-refractivity contribution in [3.05, 3.63) is 84.3 Å². The molecule has 0 saturated heterocycles. The summed E-state index contributed by atoms with van der Waals surface area (Å²) < 4.78 is 5.32. The molecular weight excluding hydrogens is 326 g/mol. The second-order valence-electron chi connectivity index (χ2n) is 6.10. The molecule has 0 bridgehead atoms. The quantitative estimate of drug-likeness (QED) is 0.610. The molecule has 1 heterocycles. The molecule has 0 N–H and O–H groups in total. The average molecular weight is 347 g/mol. The molecule has 1 amide bonds. The molecule has 0 saturated carbocycles. The molecule has 0 fully saturated rings. The Morgan fingerprint density at radius 2 is 1.88 bits per heavy atom. The zero-order valence-corrected chi connectivity index (χ0v) is 14.8. The Balaban J connectivity index is 1.70. The van der Waals surface area contributed by atoms with Crippen molar-refractivity contribution in [2.24, 2.45) is 0 Å². The zero-order chi connectivity index (χ0) is 18.4. The van der Waals surface area contributed by atoms with E-state index < -0.39 is 0 Å². The molecule has 0 radical (unpaired) electrons. The molecule has 0 unspecified atom stereocenters. The van der Waals surface area contributed by atoms with E-state index in [0.717, 1.165) is 11.1 Å². The summed E-state index contributed by atoms with van der Waals surface area (Å²) in [5.74, 6) is 0.918. The van der Waals surface area contributed by atoms with Crippen LogP contribution in [0.2, 0.25) is 0 Å². The smallest absolute Gasteiger partial charge is 0.246 e. The number of amides is 1. The monoisotopic (exact) mass is 347 g/mol. The second-order valence-corrected chi connectivity index (χ2v) is 6.10. The highest BCUT2D eigenvalue weighted by Crippen LogP contribution is 2.16. The van der Waals surface area contributed by atoms with Crippen LogP contribution in [-0.2, 0) is 17.8 Å². The topological polar surface area (TPSA) is 59.2 Å². The Bertz CT molecular complexity index is 870. The third-order valence-electron chi connectivity index (χ3n) is 4.00. The van der Waals surface area contributed by atoms with Gasteiger partial charge in [0, 0.05) is 12.1 Å². The normalized spacial score (nSPS) is 10.5. The van der Waals surface area contributed by atoms with Crippen molar-refractivity contribution in [3.63, 3.8) is 0 Å². The summed E-state index contributed by atoms with van der Waals surface area (Å²) in [6.45, 7) is 6.44. The summed E-state index contributed by atoms with van der Waals surface area (Å²) in [6, 6.07) is 17.5. The van der Waals surface area contributed by atoms with Crippen LogP contribution in [0.25, 0.3) is 11.4 Å². The van der Waals surface area contributed by atoms with Crippen LogP contribution in [0.15, 0.2) is 71.8 Å². The second kappa shape index (κ2) is 8.25. The summed E-state index contributed by atoms with van der Waals surface area (Å²) in [6.07, 6.45) is 2.02. The summed E-state index contributed by atoms with van der Waals surface area (Å²) in [5, 5.41) is 4.00. The van der Waals surface area contributed by atoms with Gasteiger partial charge in [-0.2, -0.15) is 4.98 Å². The molecule has 1 aromatic heterocycles. The predicted molar refractivity (Wildman–Crippen MR) is 100 cm³/mol. The standard InChI is InChI=1S/C21H21N3O2/c1-3-13-24(20(25)14-17-11-9-16(2)10-12-17)15-19-22-21(23-26-19)18-7-5-4-6-8-18/h3-12H,1,13-15H2,2H3. The third-order valence-corrected chi connectivity index (χ3v) is 4.00. The maximum atomic E-state index is 12.7. The van der Waals surface area contributed by atoms with E-state index in [1.165, 1.54) is 5.56 Å². The van der Waals surface area contributed by atoms with Gasteiger partial charge in [-0.1, -0.05) is 71.4 Å². The zero-order valence-electron chi connectivity index (χ0n) is 14.8. The Labute approximate surface area is 153 Å². The van der Waals surface area contributed by atoms with Crippen LogP contribution in [0, 0.1) is 6.92 Å². The molecule has 26 heavy (non-hydrogen) atoms.